The lowest BCUT2D eigenvalue weighted by Gasteiger charge is -2.27. The van der Waals surface area contributed by atoms with Gasteiger partial charge in [-0.25, -0.2) is 18.7 Å². The molecule has 0 saturated heterocycles. The first-order valence-corrected chi connectivity index (χ1v) is 11.5. The summed E-state index contributed by atoms with van der Waals surface area (Å²) >= 11 is 0. The maximum Gasteiger partial charge on any atom is 0.328 e. The van der Waals surface area contributed by atoms with E-state index in [1.54, 1.807) is 6.20 Å². The van der Waals surface area contributed by atoms with Gasteiger partial charge >= 0.3 is 6.03 Å². The fourth-order valence-electron chi connectivity index (χ4n) is 3.37. The Balaban J connectivity index is 1.68. The monoisotopic (exact) mass is 447 g/mol. The summed E-state index contributed by atoms with van der Waals surface area (Å²) < 4.78 is 23.8. The zero-order valence-electron chi connectivity index (χ0n) is 17.3. The van der Waals surface area contributed by atoms with E-state index in [9.17, 15) is 18.0 Å². The number of carbonyl (C=O) groups is 2. The van der Waals surface area contributed by atoms with Crippen LogP contribution < -0.4 is 5.48 Å². The van der Waals surface area contributed by atoms with Gasteiger partial charge in [-0.15, -0.1) is 0 Å². The van der Waals surface area contributed by atoms with E-state index in [0.717, 1.165) is 28.6 Å². The van der Waals surface area contributed by atoms with E-state index in [2.05, 4.69) is 0 Å². The Morgan fingerprint density at radius 3 is 2.42 bits per heavy atom. The lowest BCUT2D eigenvalue weighted by atomic mass is 10.1. The van der Waals surface area contributed by atoms with Crippen LogP contribution in [-0.4, -0.2) is 57.7 Å². The molecule has 3 N–H and O–H groups in total. The molecule has 9 nitrogen and oxygen atoms in total. The van der Waals surface area contributed by atoms with Crippen molar-refractivity contribution in [1.29, 1.82) is 0 Å². The van der Waals surface area contributed by atoms with E-state index in [1.165, 1.54) is 21.9 Å². The molecule has 0 radical (unpaired) electrons. The standard InChI is InChI=1S/C21H25N3O6S/c1-21(19(26)22-28,31(2,29)30)9-10-23-13-18-11-17(12-24(18)20(23)27)8-5-15-3-6-16(14-25)7-4-15/h3-8,11-12,25,28H,9-10,13-14H2,1-2H3,(H,22,26). The van der Waals surface area contributed by atoms with E-state index >= 15 is 0 Å². The van der Waals surface area contributed by atoms with Crippen LogP contribution in [0, 0.1) is 0 Å². The summed E-state index contributed by atoms with van der Waals surface area (Å²) in [5.74, 6) is -1.03. The Kier molecular flexibility index (Phi) is 6.35. The van der Waals surface area contributed by atoms with Gasteiger partial charge in [-0.3, -0.25) is 14.6 Å². The van der Waals surface area contributed by atoms with Crippen molar-refractivity contribution < 1.29 is 28.3 Å². The number of aliphatic hydroxyl groups is 1. The summed E-state index contributed by atoms with van der Waals surface area (Å²) in [6, 6.07) is 9.01. The highest BCUT2D eigenvalue weighted by Gasteiger charge is 2.44. The van der Waals surface area contributed by atoms with Gasteiger partial charge in [0, 0.05) is 24.7 Å². The van der Waals surface area contributed by atoms with Gasteiger partial charge in [0.2, 0.25) is 0 Å². The number of aromatic nitrogens is 1. The highest BCUT2D eigenvalue weighted by atomic mass is 32.2. The summed E-state index contributed by atoms with van der Waals surface area (Å²) in [6.07, 6.45) is 6.26. The molecule has 1 aromatic carbocycles. The number of carbonyl (C=O) groups excluding carboxylic acids is 2. The maximum absolute atomic E-state index is 12.7. The molecule has 0 fully saturated rings. The van der Waals surface area contributed by atoms with E-state index < -0.39 is 20.5 Å². The third-order valence-corrected chi connectivity index (χ3v) is 7.67. The average molecular weight is 448 g/mol. The number of rotatable bonds is 8. The minimum Gasteiger partial charge on any atom is -0.392 e. The normalized spacial score (nSPS) is 15.9. The van der Waals surface area contributed by atoms with Crippen molar-refractivity contribution in [2.45, 2.75) is 31.2 Å². The van der Waals surface area contributed by atoms with Gasteiger partial charge in [-0.1, -0.05) is 36.4 Å². The number of nitrogens with zero attached hydrogens (tertiary/aromatic N) is 2. The second-order valence-corrected chi connectivity index (χ2v) is 10.2. The predicted molar refractivity (Wildman–Crippen MR) is 115 cm³/mol. The molecule has 1 atom stereocenters. The predicted octanol–water partition coefficient (Wildman–Crippen LogP) is 1.63. The first-order chi connectivity index (χ1) is 14.6. The molecule has 3 rings (SSSR count). The lowest BCUT2D eigenvalue weighted by molar-refractivity contribution is -0.131. The molecule has 0 saturated carbocycles. The van der Waals surface area contributed by atoms with Crippen LogP contribution in [0.25, 0.3) is 12.2 Å². The number of hydrogen-bond acceptors (Lipinski definition) is 6. The first kappa shape index (κ1) is 22.7. The molecule has 0 aliphatic carbocycles. The van der Waals surface area contributed by atoms with Crippen LogP contribution in [0.3, 0.4) is 0 Å². The van der Waals surface area contributed by atoms with Crippen molar-refractivity contribution >= 4 is 33.9 Å². The SMILES string of the molecule is CC(CCN1Cc2cc(C=Cc3ccc(CO)cc3)cn2C1=O)(C(=O)NO)S(C)(=O)=O. The topological polar surface area (TPSA) is 129 Å². The van der Waals surface area contributed by atoms with Crippen LogP contribution in [0.2, 0.25) is 0 Å². The van der Waals surface area contributed by atoms with E-state index in [0.29, 0.717) is 6.54 Å². The summed E-state index contributed by atoms with van der Waals surface area (Å²) in [5.41, 5.74) is 4.79. The van der Waals surface area contributed by atoms with Crippen LogP contribution in [0.1, 0.15) is 35.7 Å². The van der Waals surface area contributed by atoms with Gasteiger partial charge in [-0.2, -0.15) is 0 Å². The molecule has 31 heavy (non-hydrogen) atoms. The number of nitrogens with one attached hydrogen (secondary N) is 1. The van der Waals surface area contributed by atoms with Crippen molar-refractivity contribution in [1.82, 2.24) is 14.9 Å². The van der Waals surface area contributed by atoms with Gasteiger partial charge in [0.05, 0.1) is 13.2 Å². The molecule has 1 unspecified atom stereocenters. The number of amides is 2. The number of fused-ring (bicyclic) bond motifs is 1. The van der Waals surface area contributed by atoms with Crippen molar-refractivity contribution in [3.05, 3.63) is 58.9 Å². The van der Waals surface area contributed by atoms with E-state index in [-0.39, 0.29) is 25.6 Å². The van der Waals surface area contributed by atoms with E-state index in [1.807, 2.05) is 42.5 Å². The highest BCUT2D eigenvalue weighted by Crippen LogP contribution is 2.26. The van der Waals surface area contributed by atoms with Crippen molar-refractivity contribution in [3.8, 4) is 0 Å². The Bertz CT molecular complexity index is 1120. The molecular weight excluding hydrogens is 422 g/mol. The number of benzene rings is 1. The number of hydrogen-bond donors (Lipinski definition) is 3. The van der Waals surface area contributed by atoms with Crippen LogP contribution in [0.4, 0.5) is 4.79 Å². The molecule has 0 spiro atoms. The van der Waals surface area contributed by atoms with Gasteiger partial charge < -0.3 is 10.0 Å². The Hall–Kier alpha value is -2.95. The zero-order chi connectivity index (χ0) is 22.8. The first-order valence-electron chi connectivity index (χ1n) is 9.61. The minimum atomic E-state index is -3.82. The molecule has 1 aliphatic heterocycles. The second-order valence-electron chi connectivity index (χ2n) is 7.77. The highest BCUT2D eigenvalue weighted by molar-refractivity contribution is 7.92. The third kappa shape index (κ3) is 4.55. The summed E-state index contributed by atoms with van der Waals surface area (Å²) in [5, 5.41) is 18.0. The van der Waals surface area contributed by atoms with Crippen LogP contribution in [-0.2, 0) is 27.8 Å². The Morgan fingerprint density at radius 2 is 1.87 bits per heavy atom. The quantitative estimate of drug-likeness (QED) is 0.417. The molecule has 1 aromatic heterocycles. The fraction of sp³-hybridized carbons (Fsp3) is 0.333. The molecule has 10 heteroatoms. The molecule has 0 bridgehead atoms. The number of hydroxylamine groups is 1. The van der Waals surface area contributed by atoms with Crippen molar-refractivity contribution in [2.75, 3.05) is 12.8 Å². The smallest absolute Gasteiger partial charge is 0.328 e. The van der Waals surface area contributed by atoms with Crippen LogP contribution in [0.5, 0.6) is 0 Å². The second kappa shape index (κ2) is 8.66. The molecule has 2 heterocycles. The van der Waals surface area contributed by atoms with Crippen molar-refractivity contribution in [2.24, 2.45) is 0 Å². The molecule has 166 valence electrons. The van der Waals surface area contributed by atoms with Gasteiger partial charge in [0.15, 0.2) is 14.6 Å². The molecule has 2 amide bonds. The average Bonchev–Trinajstić information content (AvgIpc) is 3.27. The zero-order valence-corrected chi connectivity index (χ0v) is 18.1. The number of sulfone groups is 1. The van der Waals surface area contributed by atoms with Gasteiger partial charge in [0.1, 0.15) is 0 Å². The van der Waals surface area contributed by atoms with Crippen LogP contribution >= 0.6 is 0 Å². The molecule has 2 aromatic rings. The minimum absolute atomic E-state index is 0.0111. The summed E-state index contributed by atoms with van der Waals surface area (Å²) in [6.45, 7) is 1.55. The summed E-state index contributed by atoms with van der Waals surface area (Å²) in [4.78, 5) is 26.1. The van der Waals surface area contributed by atoms with Crippen molar-refractivity contribution in [3.63, 3.8) is 0 Å². The Labute approximate surface area is 180 Å². The molecular formula is C21H25N3O6S. The molecule has 1 aliphatic rings. The number of aliphatic hydroxyl groups excluding tert-OH is 1. The lowest BCUT2D eigenvalue weighted by Crippen LogP contribution is -2.50. The maximum atomic E-state index is 12.7. The van der Waals surface area contributed by atoms with Gasteiger partial charge in [-0.05, 0) is 36.1 Å². The van der Waals surface area contributed by atoms with E-state index in [4.69, 9.17) is 10.3 Å². The third-order valence-electron chi connectivity index (χ3n) is 5.64. The fourth-order valence-corrected chi connectivity index (χ4v) is 4.22. The largest absolute Gasteiger partial charge is 0.392 e. The summed E-state index contributed by atoms with van der Waals surface area (Å²) in [7, 11) is -3.82. The van der Waals surface area contributed by atoms with Crippen LogP contribution in [0.15, 0.2) is 36.5 Å². The Morgan fingerprint density at radius 1 is 1.23 bits per heavy atom. The van der Waals surface area contributed by atoms with Gasteiger partial charge in [0.25, 0.3) is 5.91 Å².